The van der Waals surface area contributed by atoms with Gasteiger partial charge in [-0.25, -0.2) is 9.78 Å². The number of aliphatic hydroxyl groups excluding tert-OH is 1. The van der Waals surface area contributed by atoms with Crippen LogP contribution in [0.15, 0.2) is 22.6 Å². The molecular formula is C10H7NO5. The van der Waals surface area contributed by atoms with Crippen molar-refractivity contribution in [2.45, 2.75) is 6.10 Å². The van der Waals surface area contributed by atoms with Crippen LogP contribution in [-0.2, 0) is 4.79 Å². The van der Waals surface area contributed by atoms with Crippen molar-refractivity contribution in [1.82, 2.24) is 4.98 Å². The van der Waals surface area contributed by atoms with Crippen molar-refractivity contribution < 1.29 is 24.2 Å². The number of rotatable bonds is 3. The van der Waals surface area contributed by atoms with E-state index in [2.05, 4.69) is 4.98 Å². The summed E-state index contributed by atoms with van der Waals surface area (Å²) >= 11 is 0. The number of carbonyl (C=O) groups is 2. The average Bonchev–Trinajstić information content (AvgIpc) is 2.69. The molecule has 1 heterocycles. The van der Waals surface area contributed by atoms with Gasteiger partial charge in [-0.15, -0.1) is 0 Å². The minimum atomic E-state index is -1.80. The van der Waals surface area contributed by atoms with Gasteiger partial charge >= 0.3 is 5.97 Å². The zero-order chi connectivity index (χ0) is 11.7. The van der Waals surface area contributed by atoms with E-state index in [0.717, 1.165) is 0 Å². The molecule has 2 N–H and O–H groups in total. The fraction of sp³-hybridized carbons (Fsp3) is 0.100. The summed E-state index contributed by atoms with van der Waals surface area (Å²) in [5, 5.41) is 17.8. The van der Waals surface area contributed by atoms with Gasteiger partial charge in [0.2, 0.25) is 12.0 Å². The molecule has 0 aliphatic heterocycles. The van der Waals surface area contributed by atoms with Crippen LogP contribution in [0.1, 0.15) is 22.4 Å². The predicted octanol–water partition coefficient (Wildman–Crippen LogP) is 0.758. The molecule has 1 atom stereocenters. The van der Waals surface area contributed by atoms with Gasteiger partial charge in [-0.2, -0.15) is 0 Å². The number of aliphatic carboxylic acids is 1. The number of hydrogen-bond donors (Lipinski definition) is 2. The van der Waals surface area contributed by atoms with Crippen molar-refractivity contribution in [1.29, 1.82) is 0 Å². The molecule has 6 nitrogen and oxygen atoms in total. The number of benzene rings is 1. The van der Waals surface area contributed by atoms with E-state index >= 15 is 0 Å². The molecule has 0 aliphatic rings. The van der Waals surface area contributed by atoms with Crippen molar-refractivity contribution >= 4 is 23.4 Å². The molecule has 0 radical (unpaired) electrons. The standard InChI is InChI=1S/C10H7NO5/c12-4-5-1-2-7-6(3-5)11-9(16-7)8(13)10(14)15/h1-4,8,13H,(H,14,15). The van der Waals surface area contributed by atoms with Crippen LogP contribution in [0.5, 0.6) is 0 Å². The van der Waals surface area contributed by atoms with Crippen LogP contribution in [0.3, 0.4) is 0 Å². The lowest BCUT2D eigenvalue weighted by Gasteiger charge is -1.96. The van der Waals surface area contributed by atoms with Gasteiger partial charge < -0.3 is 14.6 Å². The third-order valence-electron chi connectivity index (χ3n) is 2.03. The number of carbonyl (C=O) groups excluding carboxylic acids is 1. The first-order valence-corrected chi connectivity index (χ1v) is 4.38. The summed E-state index contributed by atoms with van der Waals surface area (Å²) in [6.07, 6.45) is -1.16. The number of aromatic nitrogens is 1. The molecule has 82 valence electrons. The molecule has 1 aromatic heterocycles. The average molecular weight is 221 g/mol. The highest BCUT2D eigenvalue weighted by Crippen LogP contribution is 2.20. The van der Waals surface area contributed by atoms with Crippen LogP contribution in [-0.4, -0.2) is 27.5 Å². The number of oxazole rings is 1. The minimum absolute atomic E-state index is 0.300. The van der Waals surface area contributed by atoms with E-state index in [-0.39, 0.29) is 5.89 Å². The van der Waals surface area contributed by atoms with Crippen LogP contribution in [0.25, 0.3) is 11.1 Å². The molecule has 1 aromatic carbocycles. The van der Waals surface area contributed by atoms with E-state index in [1.807, 2.05) is 0 Å². The molecule has 2 aromatic rings. The third-order valence-corrected chi connectivity index (χ3v) is 2.03. The van der Waals surface area contributed by atoms with Gasteiger partial charge in [0, 0.05) is 5.56 Å². The second kappa shape index (κ2) is 3.74. The summed E-state index contributed by atoms with van der Waals surface area (Å²) in [6.45, 7) is 0. The van der Waals surface area contributed by atoms with Gasteiger partial charge in [-0.3, -0.25) is 4.79 Å². The Balaban J connectivity index is 2.51. The van der Waals surface area contributed by atoms with Crippen molar-refractivity contribution in [3.8, 4) is 0 Å². The topological polar surface area (TPSA) is 101 Å². The second-order valence-electron chi connectivity index (χ2n) is 3.14. The van der Waals surface area contributed by atoms with Gasteiger partial charge in [-0.05, 0) is 18.2 Å². The van der Waals surface area contributed by atoms with Gasteiger partial charge in [0.25, 0.3) is 0 Å². The first-order chi connectivity index (χ1) is 7.61. The van der Waals surface area contributed by atoms with Crippen molar-refractivity contribution in [2.75, 3.05) is 0 Å². The summed E-state index contributed by atoms with van der Waals surface area (Å²) in [5.74, 6) is -1.74. The quantitative estimate of drug-likeness (QED) is 0.742. The Bertz CT molecular complexity index is 559. The SMILES string of the molecule is O=Cc1ccc2oc(C(O)C(=O)O)nc2c1. The monoisotopic (exact) mass is 221 g/mol. The first kappa shape index (κ1) is 10.3. The van der Waals surface area contributed by atoms with E-state index in [9.17, 15) is 14.7 Å². The molecule has 0 saturated carbocycles. The van der Waals surface area contributed by atoms with Crippen LogP contribution >= 0.6 is 0 Å². The summed E-state index contributed by atoms with van der Waals surface area (Å²) in [5.41, 5.74) is 1.05. The Hall–Kier alpha value is -2.21. The van der Waals surface area contributed by atoms with Crippen molar-refractivity contribution in [2.24, 2.45) is 0 Å². The summed E-state index contributed by atoms with van der Waals surface area (Å²) in [7, 11) is 0. The van der Waals surface area contributed by atoms with E-state index in [1.165, 1.54) is 18.2 Å². The van der Waals surface area contributed by atoms with Crippen LogP contribution < -0.4 is 0 Å². The van der Waals surface area contributed by atoms with Gasteiger partial charge in [0.05, 0.1) is 0 Å². The van der Waals surface area contributed by atoms with Crippen LogP contribution in [0.4, 0.5) is 0 Å². The lowest BCUT2D eigenvalue weighted by Crippen LogP contribution is -2.10. The second-order valence-corrected chi connectivity index (χ2v) is 3.14. The third kappa shape index (κ3) is 1.66. The highest BCUT2D eigenvalue weighted by atomic mass is 16.4. The Morgan fingerprint density at radius 2 is 2.25 bits per heavy atom. The van der Waals surface area contributed by atoms with E-state index in [0.29, 0.717) is 22.9 Å². The van der Waals surface area contributed by atoms with Crippen molar-refractivity contribution in [3.63, 3.8) is 0 Å². The molecular weight excluding hydrogens is 214 g/mol. The van der Waals surface area contributed by atoms with Gasteiger partial charge in [0.1, 0.15) is 11.8 Å². The van der Waals surface area contributed by atoms with Crippen LogP contribution in [0, 0.1) is 0 Å². The fourth-order valence-corrected chi connectivity index (χ4v) is 1.26. The lowest BCUT2D eigenvalue weighted by molar-refractivity contribution is -0.148. The number of aliphatic hydroxyl groups is 1. The molecule has 0 spiro atoms. The molecule has 2 rings (SSSR count). The normalized spacial score (nSPS) is 12.6. The lowest BCUT2D eigenvalue weighted by atomic mass is 10.2. The minimum Gasteiger partial charge on any atom is -0.479 e. The molecule has 6 heteroatoms. The van der Waals surface area contributed by atoms with Crippen molar-refractivity contribution in [3.05, 3.63) is 29.7 Å². The Morgan fingerprint density at radius 1 is 1.50 bits per heavy atom. The Kier molecular flexibility index (Phi) is 2.41. The number of fused-ring (bicyclic) bond motifs is 1. The molecule has 0 saturated heterocycles. The highest BCUT2D eigenvalue weighted by molar-refractivity contribution is 5.84. The maximum atomic E-state index is 10.5. The zero-order valence-corrected chi connectivity index (χ0v) is 7.95. The predicted molar refractivity (Wildman–Crippen MR) is 52.0 cm³/mol. The largest absolute Gasteiger partial charge is 0.479 e. The number of carboxylic acids is 1. The van der Waals surface area contributed by atoms with E-state index < -0.39 is 12.1 Å². The van der Waals surface area contributed by atoms with E-state index in [1.54, 1.807) is 0 Å². The maximum absolute atomic E-state index is 10.5. The molecule has 16 heavy (non-hydrogen) atoms. The molecule has 0 bridgehead atoms. The van der Waals surface area contributed by atoms with Crippen LogP contribution in [0.2, 0.25) is 0 Å². The first-order valence-electron chi connectivity index (χ1n) is 4.38. The highest BCUT2D eigenvalue weighted by Gasteiger charge is 2.22. The Morgan fingerprint density at radius 3 is 2.88 bits per heavy atom. The Labute approximate surface area is 89.1 Å². The molecule has 0 aliphatic carbocycles. The zero-order valence-electron chi connectivity index (χ0n) is 7.95. The number of aldehydes is 1. The molecule has 0 amide bonds. The summed E-state index contributed by atoms with van der Waals surface area (Å²) < 4.78 is 5.03. The fourth-order valence-electron chi connectivity index (χ4n) is 1.26. The number of carboxylic acid groups (broad SMARTS) is 1. The maximum Gasteiger partial charge on any atom is 0.342 e. The smallest absolute Gasteiger partial charge is 0.342 e. The molecule has 1 unspecified atom stereocenters. The number of hydrogen-bond acceptors (Lipinski definition) is 5. The number of nitrogens with zero attached hydrogens (tertiary/aromatic N) is 1. The summed E-state index contributed by atoms with van der Waals surface area (Å²) in [6, 6.07) is 4.45. The van der Waals surface area contributed by atoms with E-state index in [4.69, 9.17) is 9.52 Å². The van der Waals surface area contributed by atoms with Gasteiger partial charge in [-0.1, -0.05) is 0 Å². The summed E-state index contributed by atoms with van der Waals surface area (Å²) in [4.78, 5) is 24.8. The molecule has 0 fully saturated rings. The van der Waals surface area contributed by atoms with Gasteiger partial charge in [0.15, 0.2) is 5.58 Å².